The molecule has 22 heavy (non-hydrogen) atoms. The molecule has 2 aliphatic rings. The lowest BCUT2D eigenvalue weighted by atomic mass is 9.73. The maximum absolute atomic E-state index is 12.9. The lowest BCUT2D eigenvalue weighted by Crippen LogP contribution is -2.26. The fraction of sp³-hybridized carbons (Fsp3) is 0.100. The highest BCUT2D eigenvalue weighted by Gasteiger charge is 2.36. The van der Waals surface area contributed by atoms with E-state index in [1.54, 1.807) is 18.2 Å². The van der Waals surface area contributed by atoms with Crippen LogP contribution in [0.15, 0.2) is 77.9 Å². The number of benzene rings is 2. The second-order valence-corrected chi connectivity index (χ2v) is 5.63. The van der Waals surface area contributed by atoms with Gasteiger partial charge in [0.25, 0.3) is 0 Å². The van der Waals surface area contributed by atoms with E-state index in [0.29, 0.717) is 22.3 Å². The number of carbonyl (C=O) groups is 2. The van der Waals surface area contributed by atoms with Gasteiger partial charge in [-0.2, -0.15) is 0 Å². The minimum Gasteiger partial charge on any atom is -0.289 e. The van der Waals surface area contributed by atoms with E-state index in [9.17, 15) is 9.59 Å². The van der Waals surface area contributed by atoms with E-state index >= 15 is 0 Å². The molecule has 1 unspecified atom stereocenters. The molecule has 106 valence electrons. The molecule has 0 amide bonds. The molecule has 0 saturated heterocycles. The van der Waals surface area contributed by atoms with Crippen molar-refractivity contribution in [3.05, 3.63) is 94.6 Å². The number of hydrogen-bond acceptors (Lipinski definition) is 2. The van der Waals surface area contributed by atoms with E-state index in [-0.39, 0.29) is 17.5 Å². The molecule has 2 aliphatic carbocycles. The smallest absolute Gasteiger partial charge is 0.194 e. The van der Waals surface area contributed by atoms with E-state index in [1.807, 2.05) is 48.6 Å². The number of ketones is 2. The second-order valence-electron chi connectivity index (χ2n) is 5.63. The Morgan fingerprint density at radius 1 is 0.773 bits per heavy atom. The summed E-state index contributed by atoms with van der Waals surface area (Å²) in [5, 5.41) is 0. The van der Waals surface area contributed by atoms with Crippen LogP contribution in [0.1, 0.15) is 38.6 Å². The van der Waals surface area contributed by atoms with Gasteiger partial charge in [0.15, 0.2) is 11.6 Å². The third kappa shape index (κ3) is 1.81. The van der Waals surface area contributed by atoms with E-state index in [4.69, 9.17) is 0 Å². The minimum absolute atomic E-state index is 0.0107. The molecule has 0 N–H and O–H groups in total. The number of Topliss-reactive ketones (excluding diaryl/α,β-unsaturated/α-hetero) is 2. The average molecular weight is 286 g/mol. The molecule has 4 rings (SSSR count). The largest absolute Gasteiger partial charge is 0.289 e. The van der Waals surface area contributed by atoms with Crippen LogP contribution in [0.4, 0.5) is 0 Å². The van der Waals surface area contributed by atoms with Crippen LogP contribution in [0.3, 0.4) is 0 Å². The molecule has 0 fully saturated rings. The number of hydrogen-bond donors (Lipinski definition) is 0. The van der Waals surface area contributed by atoms with Gasteiger partial charge in [0, 0.05) is 28.2 Å². The van der Waals surface area contributed by atoms with Crippen LogP contribution in [-0.2, 0) is 0 Å². The monoisotopic (exact) mass is 286 g/mol. The summed E-state index contributed by atoms with van der Waals surface area (Å²) in [6.07, 6.45) is 4.56. The lowest BCUT2D eigenvalue weighted by Gasteiger charge is -2.28. The van der Waals surface area contributed by atoms with Gasteiger partial charge in [-0.15, -0.1) is 0 Å². The highest BCUT2D eigenvalue weighted by Crippen LogP contribution is 2.40. The zero-order valence-electron chi connectivity index (χ0n) is 12.0. The summed E-state index contributed by atoms with van der Waals surface area (Å²) in [6.45, 7) is 0. The molecular formula is C20H14O2. The standard InChI is InChI=1S/C20H14O2/c21-19-15-9-4-5-10-16(15)20(22)18-14(11-6-12-17(18)19)13-7-2-1-3-8-13/h1-10,12,14H,11H2. The first-order chi connectivity index (χ1) is 10.8. The van der Waals surface area contributed by atoms with E-state index in [1.165, 1.54) is 0 Å². The molecule has 0 spiro atoms. The predicted octanol–water partition coefficient (Wildman–Crippen LogP) is 4.11. The maximum atomic E-state index is 12.9. The molecule has 0 aromatic heterocycles. The molecule has 2 heteroatoms. The van der Waals surface area contributed by atoms with Gasteiger partial charge in [0.05, 0.1) is 0 Å². The van der Waals surface area contributed by atoms with Crippen molar-refractivity contribution in [2.75, 3.05) is 0 Å². The molecule has 1 atom stereocenters. The van der Waals surface area contributed by atoms with E-state index in [0.717, 1.165) is 12.0 Å². The van der Waals surface area contributed by atoms with Crippen molar-refractivity contribution in [2.45, 2.75) is 12.3 Å². The van der Waals surface area contributed by atoms with Crippen LogP contribution < -0.4 is 0 Å². The summed E-state index contributed by atoms with van der Waals surface area (Å²) in [7, 11) is 0. The van der Waals surface area contributed by atoms with Gasteiger partial charge in [0.1, 0.15) is 0 Å². The van der Waals surface area contributed by atoms with Crippen LogP contribution in [0, 0.1) is 0 Å². The highest BCUT2D eigenvalue weighted by atomic mass is 16.1. The lowest BCUT2D eigenvalue weighted by molar-refractivity contribution is 0.0971. The first kappa shape index (κ1) is 13.0. The molecule has 0 heterocycles. The Kier molecular flexibility index (Phi) is 2.90. The Hall–Kier alpha value is -2.74. The number of fused-ring (bicyclic) bond motifs is 1. The fourth-order valence-corrected chi connectivity index (χ4v) is 3.35. The van der Waals surface area contributed by atoms with Gasteiger partial charge < -0.3 is 0 Å². The molecule has 0 bridgehead atoms. The average Bonchev–Trinajstić information content (AvgIpc) is 2.60. The number of rotatable bonds is 1. The first-order valence-electron chi connectivity index (χ1n) is 7.41. The molecule has 2 nitrogen and oxygen atoms in total. The molecule has 0 saturated carbocycles. The summed E-state index contributed by atoms with van der Waals surface area (Å²) >= 11 is 0. The molecule has 0 radical (unpaired) electrons. The second kappa shape index (κ2) is 4.92. The highest BCUT2D eigenvalue weighted by molar-refractivity contribution is 6.28. The van der Waals surface area contributed by atoms with Crippen molar-refractivity contribution in [1.29, 1.82) is 0 Å². The van der Waals surface area contributed by atoms with Crippen molar-refractivity contribution < 1.29 is 9.59 Å². The summed E-state index contributed by atoms with van der Waals surface area (Å²) in [5.41, 5.74) is 3.34. The molecular weight excluding hydrogens is 272 g/mol. The normalized spacial score (nSPS) is 19.9. The van der Waals surface area contributed by atoms with Crippen molar-refractivity contribution in [3.63, 3.8) is 0 Å². The maximum Gasteiger partial charge on any atom is 0.194 e. The van der Waals surface area contributed by atoms with Gasteiger partial charge in [-0.25, -0.2) is 0 Å². The van der Waals surface area contributed by atoms with Crippen molar-refractivity contribution in [1.82, 2.24) is 0 Å². The number of carbonyl (C=O) groups excluding carboxylic acids is 2. The Morgan fingerprint density at radius 3 is 2.14 bits per heavy atom. The zero-order chi connectivity index (χ0) is 15.1. The van der Waals surface area contributed by atoms with Crippen molar-refractivity contribution >= 4 is 11.6 Å². The predicted molar refractivity (Wildman–Crippen MR) is 85.1 cm³/mol. The zero-order valence-corrected chi connectivity index (χ0v) is 12.0. The summed E-state index contributed by atoms with van der Waals surface area (Å²) in [4.78, 5) is 25.6. The number of allylic oxidation sites excluding steroid dienone is 4. The Balaban J connectivity index is 1.91. The van der Waals surface area contributed by atoms with Crippen molar-refractivity contribution in [2.24, 2.45) is 0 Å². The SMILES string of the molecule is O=C1C2=C(C(=O)c3ccccc31)C(c1ccccc1)CC=C2. The molecule has 2 aromatic rings. The van der Waals surface area contributed by atoms with Crippen LogP contribution in [0.2, 0.25) is 0 Å². The first-order valence-corrected chi connectivity index (χ1v) is 7.41. The van der Waals surface area contributed by atoms with Crippen molar-refractivity contribution in [3.8, 4) is 0 Å². The topological polar surface area (TPSA) is 34.1 Å². The third-order valence-corrected chi connectivity index (χ3v) is 4.40. The van der Waals surface area contributed by atoms with Gasteiger partial charge in [0.2, 0.25) is 0 Å². The van der Waals surface area contributed by atoms with Gasteiger partial charge in [-0.1, -0.05) is 66.7 Å². The van der Waals surface area contributed by atoms with Gasteiger partial charge in [-0.3, -0.25) is 9.59 Å². The van der Waals surface area contributed by atoms with Gasteiger partial charge in [-0.05, 0) is 12.0 Å². The van der Waals surface area contributed by atoms with Crippen LogP contribution >= 0.6 is 0 Å². The Morgan fingerprint density at radius 2 is 1.41 bits per heavy atom. The minimum atomic E-state index is -0.0397. The Bertz CT molecular complexity index is 841. The van der Waals surface area contributed by atoms with E-state index in [2.05, 4.69) is 0 Å². The third-order valence-electron chi connectivity index (χ3n) is 4.40. The molecule has 2 aromatic carbocycles. The summed E-state index contributed by atoms with van der Waals surface area (Å²) in [6, 6.07) is 17.0. The van der Waals surface area contributed by atoms with Gasteiger partial charge >= 0.3 is 0 Å². The van der Waals surface area contributed by atoms with Crippen LogP contribution in [0.25, 0.3) is 0 Å². The Labute approximate surface area is 128 Å². The molecule has 0 aliphatic heterocycles. The summed E-state index contributed by atoms with van der Waals surface area (Å²) in [5.74, 6) is -0.0866. The van der Waals surface area contributed by atoms with Crippen LogP contribution in [-0.4, -0.2) is 11.6 Å². The van der Waals surface area contributed by atoms with Crippen LogP contribution in [0.5, 0.6) is 0 Å². The summed E-state index contributed by atoms with van der Waals surface area (Å²) < 4.78 is 0. The fourth-order valence-electron chi connectivity index (χ4n) is 3.35. The van der Waals surface area contributed by atoms with E-state index < -0.39 is 0 Å². The quantitative estimate of drug-likeness (QED) is 0.790.